The van der Waals surface area contributed by atoms with Crippen molar-refractivity contribution in [3.63, 3.8) is 0 Å². The number of hydrogen-bond acceptors (Lipinski definition) is 4. The molecule has 0 saturated heterocycles. The first-order valence-electron chi connectivity index (χ1n) is 39.3. The van der Waals surface area contributed by atoms with Crippen molar-refractivity contribution in [2.24, 2.45) is 0 Å². The van der Waals surface area contributed by atoms with Gasteiger partial charge in [0.25, 0.3) is 0 Å². The summed E-state index contributed by atoms with van der Waals surface area (Å²) in [4.78, 5) is 16.0. The van der Waals surface area contributed by atoms with Gasteiger partial charge < -0.3 is 27.4 Å². The average molecular weight is 1480 g/mol. The smallest absolute Gasteiger partial charge is 0.164 e. The molecule has 7 aromatic heterocycles. The fourth-order valence-corrected chi connectivity index (χ4v) is 18.8. The van der Waals surface area contributed by atoms with Gasteiger partial charge in [-0.25, -0.2) is 15.0 Å². The molecule has 0 N–H and O–H groups in total. The van der Waals surface area contributed by atoms with Gasteiger partial charge in [-0.05, 0) is 163 Å². The van der Waals surface area contributed by atoms with Crippen LogP contribution in [0.4, 0.5) is 0 Å². The standard InChI is InChI=1S/C106H64N10/c107-65-70-29-7-8-30-75(70)85-59-68(47-53-99(85)116-102-57-51-73(113-94-43-21-13-35-80(94)81-36-14-22-44-95(81)113)63-88(102)89-64-74(52-58-103(89)116)114-96-45-23-15-37-82(96)83-38-16-24-46-97(83)114)84-60-69(106-109-104(66-25-3-1-4-26-66)108-105(110-106)67-27-5-2-6-28-67)48-54-98(84)115-100-55-49-71(111-90-39-17-9-31-76(90)77-32-10-18-40-91(77)111)61-86(100)87-62-72(50-56-101(87)115)112-92-41-19-11-33-78(92)79-34-12-20-42-93(79)112/h1-64H. The summed E-state index contributed by atoms with van der Waals surface area (Å²) in [6.45, 7) is 0. The second-order valence-electron chi connectivity index (χ2n) is 30.1. The zero-order valence-electron chi connectivity index (χ0n) is 62.4. The molecule has 0 aliphatic rings. The third-order valence-corrected chi connectivity index (χ3v) is 23.9. The zero-order chi connectivity index (χ0) is 76.2. The molecule has 10 heteroatoms. The molecule has 116 heavy (non-hydrogen) atoms. The second-order valence-corrected chi connectivity index (χ2v) is 30.1. The van der Waals surface area contributed by atoms with E-state index >= 15 is 0 Å². The molecule has 0 aliphatic carbocycles. The van der Waals surface area contributed by atoms with Crippen molar-refractivity contribution >= 4 is 131 Å². The molecular weight excluding hydrogens is 1410 g/mol. The quantitative estimate of drug-likeness (QED) is 0.129. The Kier molecular flexibility index (Phi) is 14.3. The maximum Gasteiger partial charge on any atom is 0.164 e. The van der Waals surface area contributed by atoms with E-state index in [1.54, 1.807) is 0 Å². The van der Waals surface area contributed by atoms with Gasteiger partial charge in [0.1, 0.15) is 0 Å². The molecular formula is C106H64N10. The molecule has 0 saturated carbocycles. The van der Waals surface area contributed by atoms with Crippen molar-refractivity contribution in [2.75, 3.05) is 0 Å². The van der Waals surface area contributed by atoms with Crippen molar-refractivity contribution < 1.29 is 0 Å². The lowest BCUT2D eigenvalue weighted by Crippen LogP contribution is -2.03. The van der Waals surface area contributed by atoms with Gasteiger partial charge in [0, 0.05) is 121 Å². The lowest BCUT2D eigenvalue weighted by molar-refractivity contribution is 1.07. The van der Waals surface area contributed by atoms with Crippen molar-refractivity contribution in [3.05, 3.63) is 394 Å². The normalized spacial score (nSPS) is 12.0. The number of nitriles is 1. The van der Waals surface area contributed by atoms with Crippen LogP contribution in [0.1, 0.15) is 5.56 Å². The molecule has 0 aliphatic heterocycles. The zero-order valence-corrected chi connectivity index (χ0v) is 62.4. The lowest BCUT2D eigenvalue weighted by atomic mass is 9.93. The van der Waals surface area contributed by atoms with Crippen LogP contribution in [-0.2, 0) is 0 Å². The monoisotopic (exact) mass is 1480 g/mol. The van der Waals surface area contributed by atoms with Gasteiger partial charge in [-0.1, -0.05) is 231 Å². The van der Waals surface area contributed by atoms with Crippen LogP contribution in [0.15, 0.2) is 388 Å². The van der Waals surface area contributed by atoms with E-state index in [-0.39, 0.29) is 0 Å². The van der Waals surface area contributed by atoms with E-state index in [0.29, 0.717) is 23.0 Å². The summed E-state index contributed by atoms with van der Waals surface area (Å²) in [5, 5.41) is 25.4. The van der Waals surface area contributed by atoms with Gasteiger partial charge in [-0.2, -0.15) is 5.26 Å². The number of rotatable bonds is 11. The molecule has 24 aromatic rings. The minimum Gasteiger partial charge on any atom is -0.309 e. The number of fused-ring (bicyclic) bond motifs is 18. The predicted octanol–water partition coefficient (Wildman–Crippen LogP) is 26.7. The average Bonchev–Trinajstić information content (AvgIpc) is 1.54. The van der Waals surface area contributed by atoms with Gasteiger partial charge >= 0.3 is 0 Å². The van der Waals surface area contributed by atoms with Gasteiger partial charge in [-0.3, -0.25) is 0 Å². The summed E-state index contributed by atoms with van der Waals surface area (Å²) >= 11 is 0. The third kappa shape index (κ3) is 9.79. The van der Waals surface area contributed by atoms with Crippen LogP contribution in [-0.4, -0.2) is 42.4 Å². The van der Waals surface area contributed by atoms with Crippen LogP contribution in [0.25, 0.3) is 221 Å². The van der Waals surface area contributed by atoms with Crippen LogP contribution >= 0.6 is 0 Å². The van der Waals surface area contributed by atoms with E-state index in [1.807, 2.05) is 48.5 Å². The maximum absolute atomic E-state index is 11.5. The Labute approximate surface area is 664 Å². The largest absolute Gasteiger partial charge is 0.309 e. The molecule has 17 aromatic carbocycles. The van der Waals surface area contributed by atoms with Crippen LogP contribution in [0, 0.1) is 11.3 Å². The number of para-hydroxylation sites is 8. The van der Waals surface area contributed by atoms with Gasteiger partial charge in [0.15, 0.2) is 17.5 Å². The third-order valence-electron chi connectivity index (χ3n) is 23.9. The molecule has 0 amide bonds. The number of benzene rings is 17. The Hall–Kier alpha value is -16.0. The number of hydrogen-bond donors (Lipinski definition) is 0. The summed E-state index contributed by atoms with van der Waals surface area (Å²) in [7, 11) is 0. The maximum atomic E-state index is 11.5. The lowest BCUT2D eigenvalue weighted by Gasteiger charge is -2.20. The SMILES string of the molecule is N#Cc1ccccc1-c1cc(-c2cc(-c3nc(-c4ccccc4)nc(-c4ccccc4)n3)ccc2-n2c3ccc(-n4c5ccccc5c5ccccc54)cc3c3cc(-n4c5ccccc5c5ccccc54)ccc32)ccc1-n1c2ccc(-n3c4ccccc4c4ccccc43)cc2c2cc(-n3c4ccccc4c4ccccc43)ccc21. The minimum atomic E-state index is 0.525. The molecule has 0 unspecified atom stereocenters. The molecule has 0 radical (unpaired) electrons. The predicted molar refractivity (Wildman–Crippen MR) is 478 cm³/mol. The highest BCUT2D eigenvalue weighted by Crippen LogP contribution is 2.47. The van der Waals surface area contributed by atoms with Crippen molar-refractivity contribution in [1.82, 2.24) is 42.4 Å². The molecule has 24 rings (SSSR count). The second kappa shape index (κ2) is 25.5. The summed E-state index contributed by atoms with van der Waals surface area (Å²) < 4.78 is 14.5. The van der Waals surface area contributed by atoms with E-state index in [1.165, 1.54) is 43.1 Å². The van der Waals surface area contributed by atoms with E-state index in [0.717, 1.165) is 161 Å². The summed E-state index contributed by atoms with van der Waals surface area (Å²) in [6, 6.07) is 142. The molecule has 7 heterocycles. The molecule has 0 bridgehead atoms. The molecule has 10 nitrogen and oxygen atoms in total. The fourth-order valence-electron chi connectivity index (χ4n) is 18.8. The topological polar surface area (TPSA) is 92.0 Å². The Bertz CT molecular complexity index is 7690. The van der Waals surface area contributed by atoms with Crippen molar-refractivity contribution in [2.45, 2.75) is 0 Å². The number of aromatic nitrogens is 9. The van der Waals surface area contributed by atoms with Crippen molar-refractivity contribution in [3.8, 4) is 96.6 Å². The van der Waals surface area contributed by atoms with Gasteiger partial charge in [0.05, 0.1) is 89.2 Å². The van der Waals surface area contributed by atoms with E-state index in [4.69, 9.17) is 15.0 Å². The minimum absolute atomic E-state index is 0.525. The van der Waals surface area contributed by atoms with E-state index < -0.39 is 0 Å². The summed E-state index contributed by atoms with van der Waals surface area (Å²) in [5.41, 5.74) is 25.8. The highest BCUT2D eigenvalue weighted by Gasteiger charge is 2.27. The first kappa shape index (κ1) is 64.8. The molecule has 538 valence electrons. The van der Waals surface area contributed by atoms with Gasteiger partial charge in [0.2, 0.25) is 0 Å². The molecule has 0 fully saturated rings. The number of nitrogens with zero attached hydrogens (tertiary/aromatic N) is 10. The highest BCUT2D eigenvalue weighted by molar-refractivity contribution is 6.17. The Morgan fingerprint density at radius 1 is 0.181 bits per heavy atom. The fraction of sp³-hybridized carbons (Fsp3) is 0. The first-order valence-corrected chi connectivity index (χ1v) is 39.3. The van der Waals surface area contributed by atoms with Crippen LogP contribution in [0.3, 0.4) is 0 Å². The first-order chi connectivity index (χ1) is 57.5. The molecule has 0 atom stereocenters. The van der Waals surface area contributed by atoms with Crippen LogP contribution < -0.4 is 0 Å². The Balaban J connectivity index is 0.786. The van der Waals surface area contributed by atoms with Crippen LogP contribution in [0.5, 0.6) is 0 Å². The van der Waals surface area contributed by atoms with Crippen molar-refractivity contribution in [1.29, 1.82) is 5.26 Å². The molecule has 0 spiro atoms. The van der Waals surface area contributed by atoms with E-state index in [9.17, 15) is 5.26 Å². The Morgan fingerprint density at radius 3 is 0.767 bits per heavy atom. The Morgan fingerprint density at radius 2 is 0.440 bits per heavy atom. The van der Waals surface area contributed by atoms with Crippen LogP contribution in [0.2, 0.25) is 0 Å². The summed E-state index contributed by atoms with van der Waals surface area (Å²) in [6.07, 6.45) is 0. The van der Waals surface area contributed by atoms with Gasteiger partial charge in [-0.15, -0.1) is 0 Å². The van der Waals surface area contributed by atoms with E-state index in [2.05, 4.69) is 373 Å². The highest BCUT2D eigenvalue weighted by atomic mass is 15.1. The summed E-state index contributed by atoms with van der Waals surface area (Å²) in [5.74, 6) is 1.66.